The van der Waals surface area contributed by atoms with Crippen LogP contribution in [0.1, 0.15) is 22.3 Å². The van der Waals surface area contributed by atoms with E-state index < -0.39 is 17.5 Å². The van der Waals surface area contributed by atoms with Gasteiger partial charge < -0.3 is 5.32 Å². The Morgan fingerprint density at radius 3 is 2.50 bits per heavy atom. The summed E-state index contributed by atoms with van der Waals surface area (Å²) in [5, 5.41) is 2.59. The molecule has 0 unspecified atom stereocenters. The molecule has 0 fully saturated rings. The van der Waals surface area contributed by atoms with Crippen molar-refractivity contribution in [3.63, 3.8) is 0 Å². The first-order valence-corrected chi connectivity index (χ1v) is 6.44. The first kappa shape index (κ1) is 14.2. The fourth-order valence-corrected chi connectivity index (χ4v) is 1.91. The van der Waals surface area contributed by atoms with E-state index in [-0.39, 0.29) is 5.56 Å². The minimum Gasteiger partial charge on any atom is -0.352 e. The van der Waals surface area contributed by atoms with Gasteiger partial charge >= 0.3 is 0 Å². The third kappa shape index (κ3) is 3.63. The minimum absolute atomic E-state index is 0.260. The van der Waals surface area contributed by atoms with Crippen molar-refractivity contribution in [2.45, 2.75) is 12.8 Å². The van der Waals surface area contributed by atoms with Gasteiger partial charge in [-0.25, -0.2) is 8.78 Å². The number of nitrogens with one attached hydrogen (secondary N) is 1. The van der Waals surface area contributed by atoms with Crippen LogP contribution in [0.3, 0.4) is 0 Å². The Bertz CT molecular complexity index is 584. The Kier molecular flexibility index (Phi) is 4.82. The summed E-state index contributed by atoms with van der Waals surface area (Å²) in [6, 6.07) is 13.4. The smallest absolute Gasteiger partial charge is 0.254 e. The van der Waals surface area contributed by atoms with Crippen LogP contribution in [0.25, 0.3) is 0 Å². The van der Waals surface area contributed by atoms with Crippen LogP contribution in [0.2, 0.25) is 0 Å². The fraction of sp³-hybridized carbons (Fsp3) is 0.188. The highest BCUT2D eigenvalue weighted by atomic mass is 19.2. The molecule has 1 amide bonds. The zero-order valence-corrected chi connectivity index (χ0v) is 10.9. The summed E-state index contributed by atoms with van der Waals surface area (Å²) in [6.45, 7) is 0.420. The third-order valence-corrected chi connectivity index (χ3v) is 2.97. The average Bonchev–Trinajstić information content (AvgIpc) is 2.47. The number of benzene rings is 2. The number of carbonyl (C=O) groups is 1. The van der Waals surface area contributed by atoms with E-state index in [1.54, 1.807) is 0 Å². The quantitative estimate of drug-likeness (QED) is 0.833. The van der Waals surface area contributed by atoms with E-state index in [1.807, 2.05) is 30.3 Å². The van der Waals surface area contributed by atoms with Crippen LogP contribution >= 0.6 is 0 Å². The second-order valence-electron chi connectivity index (χ2n) is 4.45. The molecule has 4 heteroatoms. The SMILES string of the molecule is O=C(NCCCc1ccccc1)c1cccc(F)c1F. The maximum atomic E-state index is 13.4. The second-order valence-corrected chi connectivity index (χ2v) is 4.45. The van der Waals surface area contributed by atoms with E-state index in [0.717, 1.165) is 18.9 Å². The number of hydrogen-bond acceptors (Lipinski definition) is 1. The van der Waals surface area contributed by atoms with Crippen LogP contribution in [0.15, 0.2) is 48.5 Å². The van der Waals surface area contributed by atoms with Crippen molar-refractivity contribution in [3.05, 3.63) is 71.3 Å². The van der Waals surface area contributed by atoms with E-state index >= 15 is 0 Å². The topological polar surface area (TPSA) is 29.1 Å². The predicted octanol–water partition coefficient (Wildman–Crippen LogP) is 3.33. The Morgan fingerprint density at radius 1 is 1.00 bits per heavy atom. The lowest BCUT2D eigenvalue weighted by Crippen LogP contribution is -2.26. The molecule has 0 heterocycles. The molecule has 0 bridgehead atoms. The van der Waals surface area contributed by atoms with E-state index in [1.165, 1.54) is 17.7 Å². The molecule has 2 aromatic rings. The molecule has 1 N–H and O–H groups in total. The van der Waals surface area contributed by atoms with Gasteiger partial charge in [-0.1, -0.05) is 36.4 Å². The number of rotatable bonds is 5. The van der Waals surface area contributed by atoms with Gasteiger partial charge in [0.25, 0.3) is 5.91 Å². The van der Waals surface area contributed by atoms with Crippen LogP contribution in [0, 0.1) is 11.6 Å². The number of halogens is 2. The zero-order chi connectivity index (χ0) is 14.4. The number of carbonyl (C=O) groups excluding carboxylic acids is 1. The van der Waals surface area contributed by atoms with Crippen LogP contribution < -0.4 is 5.32 Å². The van der Waals surface area contributed by atoms with Gasteiger partial charge in [0.05, 0.1) is 5.56 Å². The number of hydrogen-bond donors (Lipinski definition) is 1. The summed E-state index contributed by atoms with van der Waals surface area (Å²) >= 11 is 0. The van der Waals surface area contributed by atoms with Gasteiger partial charge in [-0.2, -0.15) is 0 Å². The van der Waals surface area contributed by atoms with Gasteiger partial charge in [-0.3, -0.25) is 4.79 Å². The summed E-state index contributed by atoms with van der Waals surface area (Å²) in [5.74, 6) is -2.70. The molecule has 2 nitrogen and oxygen atoms in total. The molecule has 0 saturated carbocycles. The van der Waals surface area contributed by atoms with Crippen molar-refractivity contribution in [1.29, 1.82) is 0 Å². The predicted molar refractivity (Wildman–Crippen MR) is 73.5 cm³/mol. The lowest BCUT2D eigenvalue weighted by molar-refractivity contribution is 0.0948. The summed E-state index contributed by atoms with van der Waals surface area (Å²) in [5.41, 5.74) is 0.920. The minimum atomic E-state index is -1.10. The van der Waals surface area contributed by atoms with Gasteiger partial charge in [0, 0.05) is 6.54 Å². The monoisotopic (exact) mass is 275 g/mol. The van der Waals surface area contributed by atoms with Crippen LogP contribution in [0.4, 0.5) is 8.78 Å². The van der Waals surface area contributed by atoms with Crippen LogP contribution in [0.5, 0.6) is 0 Å². The number of amides is 1. The molecule has 0 saturated heterocycles. The molecular formula is C16H15F2NO. The highest BCUT2D eigenvalue weighted by molar-refractivity contribution is 5.94. The maximum Gasteiger partial charge on any atom is 0.254 e. The molecular weight excluding hydrogens is 260 g/mol. The molecule has 0 atom stereocenters. The second kappa shape index (κ2) is 6.80. The largest absolute Gasteiger partial charge is 0.352 e. The van der Waals surface area contributed by atoms with Crippen molar-refractivity contribution in [3.8, 4) is 0 Å². The molecule has 0 aromatic heterocycles. The fourth-order valence-electron chi connectivity index (χ4n) is 1.91. The first-order valence-electron chi connectivity index (χ1n) is 6.44. The molecule has 0 radical (unpaired) electrons. The summed E-state index contributed by atoms with van der Waals surface area (Å²) in [6.07, 6.45) is 1.57. The average molecular weight is 275 g/mol. The summed E-state index contributed by atoms with van der Waals surface area (Å²) < 4.78 is 26.4. The molecule has 0 aliphatic heterocycles. The zero-order valence-electron chi connectivity index (χ0n) is 10.9. The van der Waals surface area contributed by atoms with Crippen LogP contribution in [-0.2, 0) is 6.42 Å². The van der Waals surface area contributed by atoms with Crippen molar-refractivity contribution >= 4 is 5.91 Å². The Morgan fingerprint density at radius 2 is 1.75 bits per heavy atom. The molecule has 0 spiro atoms. The molecule has 104 valence electrons. The van der Waals surface area contributed by atoms with E-state index in [4.69, 9.17) is 0 Å². The van der Waals surface area contributed by atoms with Gasteiger partial charge in [0.15, 0.2) is 11.6 Å². The molecule has 2 aromatic carbocycles. The highest BCUT2D eigenvalue weighted by Gasteiger charge is 2.14. The van der Waals surface area contributed by atoms with E-state index in [9.17, 15) is 13.6 Å². The molecule has 20 heavy (non-hydrogen) atoms. The van der Waals surface area contributed by atoms with Crippen LogP contribution in [-0.4, -0.2) is 12.5 Å². The van der Waals surface area contributed by atoms with Gasteiger partial charge in [0.1, 0.15) is 0 Å². The summed E-state index contributed by atoms with van der Waals surface area (Å²) in [7, 11) is 0. The van der Waals surface area contributed by atoms with E-state index in [2.05, 4.69) is 5.32 Å². The molecule has 0 aliphatic rings. The highest BCUT2D eigenvalue weighted by Crippen LogP contribution is 2.11. The maximum absolute atomic E-state index is 13.4. The van der Waals surface area contributed by atoms with Crippen molar-refractivity contribution < 1.29 is 13.6 Å². The van der Waals surface area contributed by atoms with Crippen molar-refractivity contribution in [2.75, 3.05) is 6.54 Å². The van der Waals surface area contributed by atoms with Gasteiger partial charge in [-0.15, -0.1) is 0 Å². The number of aryl methyl sites for hydroxylation is 1. The molecule has 2 rings (SSSR count). The lowest BCUT2D eigenvalue weighted by atomic mass is 10.1. The Balaban J connectivity index is 1.82. The van der Waals surface area contributed by atoms with Crippen molar-refractivity contribution in [2.24, 2.45) is 0 Å². The standard InChI is InChI=1S/C16H15F2NO/c17-14-10-4-9-13(15(14)18)16(20)19-11-5-8-12-6-2-1-3-7-12/h1-4,6-7,9-10H,5,8,11H2,(H,19,20). The summed E-state index contributed by atoms with van der Waals surface area (Å²) in [4.78, 5) is 11.7. The van der Waals surface area contributed by atoms with Gasteiger partial charge in [0.2, 0.25) is 0 Å². The first-order chi connectivity index (χ1) is 9.68. The Hall–Kier alpha value is -2.23. The molecule has 0 aliphatic carbocycles. The Labute approximate surface area is 116 Å². The van der Waals surface area contributed by atoms with Crippen molar-refractivity contribution in [1.82, 2.24) is 5.32 Å². The third-order valence-electron chi connectivity index (χ3n) is 2.97. The lowest BCUT2D eigenvalue weighted by Gasteiger charge is -2.06. The van der Waals surface area contributed by atoms with E-state index in [0.29, 0.717) is 6.54 Å². The van der Waals surface area contributed by atoms with Gasteiger partial charge in [-0.05, 0) is 30.5 Å². The normalized spacial score (nSPS) is 10.3.